The lowest BCUT2D eigenvalue weighted by molar-refractivity contribution is -0.151. The highest BCUT2D eigenvalue weighted by atomic mass is 35.6. The van der Waals surface area contributed by atoms with E-state index in [1.807, 2.05) is 30.9 Å². The van der Waals surface area contributed by atoms with Crippen molar-refractivity contribution in [3.63, 3.8) is 0 Å². The molecule has 0 bridgehead atoms. The number of halogens is 8. The van der Waals surface area contributed by atoms with Crippen LogP contribution in [-0.4, -0.2) is 101 Å². The lowest BCUT2D eigenvalue weighted by atomic mass is 9.91. The van der Waals surface area contributed by atoms with Crippen LogP contribution >= 0.6 is 92.8 Å². The molecule has 22 heteroatoms. The van der Waals surface area contributed by atoms with Crippen LogP contribution in [0.5, 0.6) is 0 Å². The van der Waals surface area contributed by atoms with E-state index in [9.17, 15) is 14.4 Å². The van der Waals surface area contributed by atoms with Crippen LogP contribution in [-0.2, 0) is 19.1 Å². The first-order valence-corrected chi connectivity index (χ1v) is 18.7. The monoisotopic (exact) mass is 868 g/mol. The fraction of sp³-hybridized carbons (Fsp3) is 0.552. The first kappa shape index (κ1) is 41.6. The molecule has 6 aliphatic rings. The number of nitrogens with one attached hydrogen (secondary N) is 6. The molecular formula is C29H36Cl8N10O4. The van der Waals surface area contributed by atoms with Crippen LogP contribution in [0.2, 0.25) is 0 Å². The number of nitrogens with zero attached hydrogens (tertiary/aromatic N) is 4. The topological polar surface area (TPSA) is 164 Å². The van der Waals surface area contributed by atoms with Gasteiger partial charge in [0.25, 0.3) is 19.4 Å². The van der Waals surface area contributed by atoms with Crippen LogP contribution < -0.4 is 31.9 Å². The van der Waals surface area contributed by atoms with Gasteiger partial charge in [-0.2, -0.15) is 0 Å². The summed E-state index contributed by atoms with van der Waals surface area (Å²) in [5.74, 6) is -0.208. The summed E-state index contributed by atoms with van der Waals surface area (Å²) in [5, 5.41) is 18.5. The van der Waals surface area contributed by atoms with Gasteiger partial charge in [0.1, 0.15) is 0 Å². The lowest BCUT2D eigenvalue weighted by Gasteiger charge is -2.47. The third-order valence-electron chi connectivity index (χ3n) is 8.50. The van der Waals surface area contributed by atoms with E-state index in [0.29, 0.717) is 24.7 Å². The maximum absolute atomic E-state index is 12.2. The summed E-state index contributed by atoms with van der Waals surface area (Å²) in [6.07, 6.45) is 8.32. The molecular weight excluding hydrogens is 836 g/mol. The average Bonchev–Trinajstić information content (AvgIpc) is 3.78. The van der Waals surface area contributed by atoms with E-state index in [4.69, 9.17) is 97.5 Å². The van der Waals surface area contributed by atoms with Gasteiger partial charge in [0.05, 0.1) is 41.1 Å². The maximum atomic E-state index is 12.2. The predicted molar refractivity (Wildman–Crippen MR) is 203 cm³/mol. The molecule has 0 aromatic rings. The number of ether oxygens (including phenoxy) is 1. The van der Waals surface area contributed by atoms with E-state index < -0.39 is 42.9 Å². The first-order valence-electron chi connectivity index (χ1n) is 15.4. The third kappa shape index (κ3) is 8.48. The molecule has 14 nitrogen and oxygen atoms in total. The number of rotatable bonds is 3. The number of alkyl halides is 8. The molecule has 6 N–H and O–H groups in total. The Kier molecular flexibility index (Phi) is 13.1. The van der Waals surface area contributed by atoms with Crippen molar-refractivity contribution in [3.8, 4) is 0 Å². The minimum absolute atomic E-state index is 0.0252. The number of hydrogen-bond donors (Lipinski definition) is 6. The van der Waals surface area contributed by atoms with Crippen LogP contribution in [0.15, 0.2) is 59.1 Å². The Morgan fingerprint density at radius 2 is 1.35 bits per heavy atom. The Hall–Kier alpha value is -2.17. The second-order valence-corrected chi connectivity index (χ2v) is 17.1. The number of carbonyl (C=O) groups is 3. The van der Waals surface area contributed by atoms with Gasteiger partial charge in [-0.1, -0.05) is 103 Å². The SMILES string of the molecule is C=C1N[C@H]2[C@H](CC)N=C(NC(=O)C(Cl)(Cl)Cl)N3CC=C[C@]23N1.C=C1N[C@H]2[C@H](CC)N=C(NC(=O)C(Cl)(Cl)Cl)N3[C@@H](OC(C)=O)C=C[C@]23N1.ClCCl. The van der Waals surface area contributed by atoms with Gasteiger partial charge < -0.3 is 30.9 Å². The number of hydrogen-bond acceptors (Lipinski definition) is 12. The Labute approximate surface area is 335 Å². The lowest BCUT2D eigenvalue weighted by Crippen LogP contribution is -2.71. The normalized spacial score (nSPS) is 30.9. The molecule has 282 valence electrons. The van der Waals surface area contributed by atoms with Crippen molar-refractivity contribution in [2.24, 2.45) is 9.98 Å². The Morgan fingerprint density at radius 1 is 0.882 bits per heavy atom. The van der Waals surface area contributed by atoms with E-state index in [-0.39, 0.29) is 35.5 Å². The molecule has 2 spiro atoms. The molecule has 0 aromatic carbocycles. The van der Waals surface area contributed by atoms with Crippen molar-refractivity contribution in [2.45, 2.75) is 82.9 Å². The van der Waals surface area contributed by atoms with E-state index in [1.54, 1.807) is 11.0 Å². The number of amides is 2. The average molecular weight is 872 g/mol. The largest absolute Gasteiger partial charge is 0.438 e. The number of esters is 1. The molecule has 6 heterocycles. The smallest absolute Gasteiger partial charge is 0.304 e. The Bertz CT molecular complexity index is 1550. The predicted octanol–water partition coefficient (Wildman–Crippen LogP) is 3.75. The highest BCUT2D eigenvalue weighted by Gasteiger charge is 2.60. The van der Waals surface area contributed by atoms with E-state index in [1.165, 1.54) is 6.92 Å². The van der Waals surface area contributed by atoms with Gasteiger partial charge in [0.2, 0.25) is 11.9 Å². The summed E-state index contributed by atoms with van der Waals surface area (Å²) in [7, 11) is 0. The van der Waals surface area contributed by atoms with Crippen LogP contribution in [0.3, 0.4) is 0 Å². The molecule has 7 atom stereocenters. The summed E-state index contributed by atoms with van der Waals surface area (Å²) < 4.78 is 1.16. The van der Waals surface area contributed by atoms with Gasteiger partial charge in [-0.15, -0.1) is 23.2 Å². The number of guanidine groups is 2. The summed E-state index contributed by atoms with van der Waals surface area (Å²) >= 11 is 43.5. The van der Waals surface area contributed by atoms with Crippen molar-refractivity contribution < 1.29 is 19.1 Å². The second kappa shape index (κ2) is 16.1. The van der Waals surface area contributed by atoms with Crippen molar-refractivity contribution in [1.29, 1.82) is 0 Å². The zero-order valence-corrected chi connectivity index (χ0v) is 33.4. The van der Waals surface area contributed by atoms with E-state index in [2.05, 4.69) is 61.1 Å². The van der Waals surface area contributed by atoms with Crippen LogP contribution in [0.4, 0.5) is 0 Å². The third-order valence-corrected chi connectivity index (χ3v) is 9.53. The molecule has 0 saturated carbocycles. The summed E-state index contributed by atoms with van der Waals surface area (Å²) in [6, 6.07) is -0.414. The minimum atomic E-state index is -2.16. The van der Waals surface area contributed by atoms with Crippen LogP contribution in [0, 0.1) is 0 Å². The van der Waals surface area contributed by atoms with E-state index in [0.717, 1.165) is 12.2 Å². The van der Waals surface area contributed by atoms with Gasteiger partial charge >= 0.3 is 5.97 Å². The molecule has 0 aliphatic carbocycles. The molecule has 0 aromatic heterocycles. The fourth-order valence-corrected chi connectivity index (χ4v) is 6.90. The van der Waals surface area contributed by atoms with Crippen LogP contribution in [0.1, 0.15) is 33.6 Å². The zero-order valence-electron chi connectivity index (χ0n) is 27.4. The summed E-state index contributed by atoms with van der Waals surface area (Å²) in [4.78, 5) is 48.5. The summed E-state index contributed by atoms with van der Waals surface area (Å²) in [5.41, 5.74) is -1.33. The molecule has 2 amide bonds. The molecule has 2 fully saturated rings. The van der Waals surface area contributed by atoms with Gasteiger partial charge in [0.15, 0.2) is 17.6 Å². The van der Waals surface area contributed by atoms with Crippen LogP contribution in [0.25, 0.3) is 0 Å². The molecule has 51 heavy (non-hydrogen) atoms. The second-order valence-electron chi connectivity index (χ2n) is 11.7. The standard InChI is InChI=1S/C15H18Cl3N5O3.C13H16Cl3N5O.CH2Cl2/c1-4-9-11-14(22-7(2)19-11)6-5-10(26-8(3)24)23(14)13(20-9)21-12(25)15(16,17)18;1-3-8-9-12(20-7(2)17-9)5-4-6-21(12)11(18-8)19-10(22)13(14,15)16;2-1-3/h5-6,9-11,19,22H,2,4H2,1,3H3,(H,20,21,25);4-5,8-9,17,20H,2-3,6H2,1H3,(H,18,19,22);1H2/t9-,10-,11-,14+;8-,9-,12+;/m00./s1. The maximum Gasteiger partial charge on any atom is 0.304 e. The van der Waals surface area contributed by atoms with Crippen molar-refractivity contribution in [2.75, 3.05) is 11.9 Å². The molecule has 0 unspecified atom stereocenters. The highest BCUT2D eigenvalue weighted by molar-refractivity contribution is 6.77. The quantitative estimate of drug-likeness (QED) is 0.140. The molecule has 6 aliphatic heterocycles. The molecule has 0 radical (unpaired) electrons. The van der Waals surface area contributed by atoms with Crippen molar-refractivity contribution in [1.82, 2.24) is 41.7 Å². The summed E-state index contributed by atoms with van der Waals surface area (Å²) in [6.45, 7) is 13.8. The van der Waals surface area contributed by atoms with Gasteiger partial charge in [-0.3, -0.25) is 29.9 Å². The molecule has 2 saturated heterocycles. The van der Waals surface area contributed by atoms with Crippen molar-refractivity contribution >= 4 is 123 Å². The number of carbonyl (C=O) groups excluding carboxylic acids is 3. The van der Waals surface area contributed by atoms with Gasteiger partial charge in [0, 0.05) is 13.5 Å². The van der Waals surface area contributed by atoms with Gasteiger partial charge in [-0.05, 0) is 31.1 Å². The number of aliphatic imine (C=N–C) groups is 2. The van der Waals surface area contributed by atoms with E-state index >= 15 is 0 Å². The zero-order chi connectivity index (χ0) is 38.1. The minimum Gasteiger partial charge on any atom is -0.438 e. The Morgan fingerprint density at radius 3 is 1.84 bits per heavy atom. The highest BCUT2D eigenvalue weighted by Crippen LogP contribution is 2.40. The first-order chi connectivity index (χ1) is 23.8. The van der Waals surface area contributed by atoms with Gasteiger partial charge in [-0.25, -0.2) is 9.98 Å². The fourth-order valence-electron chi connectivity index (χ4n) is 6.61. The van der Waals surface area contributed by atoms with Crippen molar-refractivity contribution in [3.05, 3.63) is 49.1 Å². The molecule has 6 rings (SSSR count). The Balaban J connectivity index is 0.000000215.